The van der Waals surface area contributed by atoms with Crippen LogP contribution in [0.5, 0.6) is 0 Å². The number of hydrogen-bond donors (Lipinski definition) is 0. The van der Waals surface area contributed by atoms with E-state index in [4.69, 9.17) is 15.5 Å². The topological polar surface area (TPSA) is 9.23 Å². The van der Waals surface area contributed by atoms with Gasteiger partial charge >= 0.3 is 7.63 Å². The summed E-state index contributed by atoms with van der Waals surface area (Å²) in [6.07, 6.45) is 5.15. The van der Waals surface area contributed by atoms with Crippen molar-refractivity contribution >= 4 is 18.7 Å². The van der Waals surface area contributed by atoms with Crippen molar-refractivity contribution in [2.45, 2.75) is 52.2 Å². The highest BCUT2D eigenvalue weighted by Gasteiger charge is 2.23. The second kappa shape index (κ2) is 6.63. The molecule has 0 bridgehead atoms. The van der Waals surface area contributed by atoms with Gasteiger partial charge in [0.2, 0.25) is 0 Å². The van der Waals surface area contributed by atoms with Gasteiger partial charge in [-0.2, -0.15) is 0 Å². The fourth-order valence-electron chi connectivity index (χ4n) is 1.18. The van der Waals surface area contributed by atoms with E-state index in [0.717, 1.165) is 6.42 Å². The second-order valence-corrected chi connectivity index (χ2v) is 8.48. The molecule has 0 N–H and O–H groups in total. The Labute approximate surface area is 88.0 Å². The Bertz CT molecular complexity index is 148. The van der Waals surface area contributed by atoms with E-state index in [1.165, 1.54) is 19.3 Å². The standard InChI is InChI=1S/C10H21ClOSi/c1-5-7-8-9-10(3)12-13(4,11)6-2/h6,10H,2,5,7-9H2,1,3-4H3. The van der Waals surface area contributed by atoms with Gasteiger partial charge in [0.05, 0.1) is 0 Å². The van der Waals surface area contributed by atoms with E-state index < -0.39 is 7.63 Å². The van der Waals surface area contributed by atoms with Gasteiger partial charge < -0.3 is 4.43 Å². The first-order valence-electron chi connectivity index (χ1n) is 5.02. The summed E-state index contributed by atoms with van der Waals surface area (Å²) in [4.78, 5) is 0. The van der Waals surface area contributed by atoms with Gasteiger partial charge in [0.1, 0.15) is 0 Å². The summed E-state index contributed by atoms with van der Waals surface area (Å²) < 4.78 is 5.72. The molecule has 1 nitrogen and oxygen atoms in total. The molecule has 0 aliphatic rings. The van der Waals surface area contributed by atoms with Crippen molar-refractivity contribution in [3.63, 3.8) is 0 Å². The van der Waals surface area contributed by atoms with E-state index in [1.54, 1.807) is 5.70 Å². The summed E-state index contributed by atoms with van der Waals surface area (Å²) in [5, 5.41) is 0. The van der Waals surface area contributed by atoms with Crippen LogP contribution in [0.25, 0.3) is 0 Å². The molecule has 0 aromatic rings. The fourth-order valence-corrected chi connectivity index (χ4v) is 2.64. The van der Waals surface area contributed by atoms with Gasteiger partial charge in [-0.3, -0.25) is 0 Å². The normalized spacial score (nSPS) is 17.8. The first kappa shape index (κ1) is 13.2. The molecule has 2 atom stereocenters. The summed E-state index contributed by atoms with van der Waals surface area (Å²) in [6, 6.07) is 0. The predicted molar refractivity (Wildman–Crippen MR) is 62.4 cm³/mol. The van der Waals surface area contributed by atoms with E-state index in [9.17, 15) is 0 Å². The number of halogens is 1. The van der Waals surface area contributed by atoms with Gasteiger partial charge in [-0.25, -0.2) is 0 Å². The minimum Gasteiger partial charge on any atom is -0.398 e. The van der Waals surface area contributed by atoms with Crippen LogP contribution in [0, 0.1) is 0 Å². The van der Waals surface area contributed by atoms with Gasteiger partial charge in [0.25, 0.3) is 0 Å². The Morgan fingerprint density at radius 1 is 1.54 bits per heavy atom. The highest BCUT2D eigenvalue weighted by molar-refractivity contribution is 7.18. The predicted octanol–water partition coefficient (Wildman–Crippen LogP) is 4.01. The third-order valence-electron chi connectivity index (χ3n) is 2.01. The van der Waals surface area contributed by atoms with Crippen LogP contribution < -0.4 is 0 Å². The number of rotatable bonds is 7. The zero-order chi connectivity index (χ0) is 10.3. The first-order valence-corrected chi connectivity index (χ1v) is 8.52. The van der Waals surface area contributed by atoms with Crippen LogP contribution in [0.1, 0.15) is 39.5 Å². The third-order valence-corrected chi connectivity index (χ3v) is 4.33. The molecular formula is C10H21ClOSi. The SMILES string of the molecule is C=C[Si](C)(Cl)OC(C)CCCCC. The van der Waals surface area contributed by atoms with Gasteiger partial charge in [0, 0.05) is 6.10 Å². The van der Waals surface area contributed by atoms with Crippen molar-refractivity contribution in [2.24, 2.45) is 0 Å². The molecule has 0 spiro atoms. The monoisotopic (exact) mass is 220 g/mol. The molecule has 0 aromatic heterocycles. The molecule has 0 saturated carbocycles. The molecule has 78 valence electrons. The molecule has 0 fully saturated rings. The van der Waals surface area contributed by atoms with Crippen molar-refractivity contribution in [3.05, 3.63) is 12.3 Å². The highest BCUT2D eigenvalue weighted by atomic mass is 35.6. The Balaban J connectivity index is 3.61. The lowest BCUT2D eigenvalue weighted by Crippen LogP contribution is -2.29. The van der Waals surface area contributed by atoms with Crippen molar-refractivity contribution in [2.75, 3.05) is 0 Å². The summed E-state index contributed by atoms with van der Waals surface area (Å²) >= 11 is 6.13. The zero-order valence-electron chi connectivity index (χ0n) is 8.98. The zero-order valence-corrected chi connectivity index (χ0v) is 10.7. The molecular weight excluding hydrogens is 200 g/mol. The van der Waals surface area contributed by atoms with E-state index in [1.807, 2.05) is 6.55 Å². The highest BCUT2D eigenvalue weighted by Crippen LogP contribution is 2.17. The summed E-state index contributed by atoms with van der Waals surface area (Å²) in [5.74, 6) is 0. The Morgan fingerprint density at radius 2 is 2.15 bits per heavy atom. The Kier molecular flexibility index (Phi) is 6.74. The van der Waals surface area contributed by atoms with E-state index in [2.05, 4.69) is 20.4 Å². The lowest BCUT2D eigenvalue weighted by Gasteiger charge is -2.21. The maximum Gasteiger partial charge on any atom is 0.311 e. The molecule has 2 unspecified atom stereocenters. The third kappa shape index (κ3) is 7.29. The molecule has 0 aliphatic carbocycles. The van der Waals surface area contributed by atoms with Gasteiger partial charge in [-0.1, -0.05) is 31.9 Å². The molecule has 0 radical (unpaired) electrons. The summed E-state index contributed by atoms with van der Waals surface area (Å²) in [5.41, 5.74) is 1.77. The van der Waals surface area contributed by atoms with Gasteiger partial charge in [0.15, 0.2) is 0 Å². The average molecular weight is 221 g/mol. The largest absolute Gasteiger partial charge is 0.398 e. The average Bonchev–Trinajstić information content (AvgIpc) is 2.04. The van der Waals surface area contributed by atoms with Crippen LogP contribution in [0.15, 0.2) is 12.3 Å². The van der Waals surface area contributed by atoms with Crippen molar-refractivity contribution < 1.29 is 4.43 Å². The Morgan fingerprint density at radius 3 is 2.62 bits per heavy atom. The van der Waals surface area contributed by atoms with Crippen LogP contribution in [-0.2, 0) is 4.43 Å². The summed E-state index contributed by atoms with van der Waals surface area (Å²) in [7, 11) is -2.06. The molecule has 13 heavy (non-hydrogen) atoms. The maximum absolute atomic E-state index is 6.13. The van der Waals surface area contributed by atoms with E-state index in [0.29, 0.717) is 0 Å². The van der Waals surface area contributed by atoms with Gasteiger partial charge in [-0.15, -0.1) is 17.7 Å². The van der Waals surface area contributed by atoms with E-state index in [-0.39, 0.29) is 6.10 Å². The molecule has 3 heteroatoms. The van der Waals surface area contributed by atoms with Crippen molar-refractivity contribution in [3.8, 4) is 0 Å². The van der Waals surface area contributed by atoms with Crippen LogP contribution >= 0.6 is 11.1 Å². The fraction of sp³-hybridized carbons (Fsp3) is 0.800. The number of unbranched alkanes of at least 4 members (excludes halogenated alkanes) is 2. The maximum atomic E-state index is 6.13. The summed E-state index contributed by atoms with van der Waals surface area (Å²) in [6.45, 7) is 9.94. The smallest absolute Gasteiger partial charge is 0.311 e. The number of hydrogen-bond acceptors (Lipinski definition) is 1. The second-order valence-electron chi connectivity index (χ2n) is 3.61. The molecule has 0 rings (SSSR count). The first-order chi connectivity index (χ1) is 6.02. The Hall–Kier alpha value is 0.207. The molecule has 0 aromatic carbocycles. The van der Waals surface area contributed by atoms with Crippen LogP contribution in [0.4, 0.5) is 0 Å². The molecule has 0 amide bonds. The lowest BCUT2D eigenvalue weighted by atomic mass is 10.1. The molecule has 0 saturated heterocycles. The van der Waals surface area contributed by atoms with Crippen LogP contribution in [0.2, 0.25) is 6.55 Å². The quantitative estimate of drug-likeness (QED) is 0.358. The molecule has 0 aliphatic heterocycles. The molecule has 0 heterocycles. The van der Waals surface area contributed by atoms with Gasteiger partial charge in [-0.05, 0) is 19.9 Å². The lowest BCUT2D eigenvalue weighted by molar-refractivity contribution is 0.207. The van der Waals surface area contributed by atoms with Crippen LogP contribution in [0.3, 0.4) is 0 Å². The van der Waals surface area contributed by atoms with Crippen LogP contribution in [-0.4, -0.2) is 13.7 Å². The van der Waals surface area contributed by atoms with E-state index >= 15 is 0 Å². The van der Waals surface area contributed by atoms with Crippen molar-refractivity contribution in [1.82, 2.24) is 0 Å². The van der Waals surface area contributed by atoms with Crippen molar-refractivity contribution in [1.29, 1.82) is 0 Å². The minimum atomic E-state index is -2.06. The minimum absolute atomic E-state index is 0.277.